The van der Waals surface area contributed by atoms with Crippen LogP contribution in [-0.4, -0.2) is 42.5 Å². The van der Waals surface area contributed by atoms with Gasteiger partial charge in [-0.3, -0.25) is 15.1 Å². The Morgan fingerprint density at radius 3 is 2.73 bits per heavy atom. The van der Waals surface area contributed by atoms with E-state index in [-0.39, 0.29) is 5.91 Å². The maximum absolute atomic E-state index is 11.9. The van der Waals surface area contributed by atoms with Gasteiger partial charge < -0.3 is 5.32 Å². The summed E-state index contributed by atoms with van der Waals surface area (Å²) in [5.74, 6) is 0.141. The summed E-state index contributed by atoms with van der Waals surface area (Å²) >= 11 is 0. The lowest BCUT2D eigenvalue weighted by Gasteiger charge is -2.28. The summed E-state index contributed by atoms with van der Waals surface area (Å²) in [6, 6.07) is 11.9. The van der Waals surface area contributed by atoms with Gasteiger partial charge in [-0.05, 0) is 38.8 Å². The smallest absolute Gasteiger partial charge is 0.234 e. The van der Waals surface area contributed by atoms with Crippen molar-refractivity contribution in [1.29, 1.82) is 0 Å². The quantitative estimate of drug-likeness (QED) is 0.739. The Hall–Kier alpha value is -1.43. The van der Waals surface area contributed by atoms with Gasteiger partial charge in [-0.25, -0.2) is 5.43 Å². The van der Waals surface area contributed by atoms with E-state index < -0.39 is 0 Å². The molecule has 1 aromatic rings. The standard InChI is InChI=1S/C17H26N4O/c1-12(21(2)11-17(22)18-14-8-9-14)15-10-16(20-19-15)13-6-4-3-5-7-13/h3-7,12,14-16,19-20H,8-11H2,1-2H3,(H,18,22). The number of carbonyl (C=O) groups excluding carboxylic acids is 1. The van der Waals surface area contributed by atoms with Crippen LogP contribution in [0, 0.1) is 0 Å². The van der Waals surface area contributed by atoms with Gasteiger partial charge in [0.05, 0.1) is 6.54 Å². The molecule has 0 aromatic heterocycles. The second-order valence-electron chi connectivity index (χ2n) is 6.59. The number of hydrazine groups is 1. The molecule has 2 aliphatic rings. The van der Waals surface area contributed by atoms with E-state index in [0.717, 1.165) is 19.3 Å². The van der Waals surface area contributed by atoms with Crippen molar-refractivity contribution in [2.75, 3.05) is 13.6 Å². The Morgan fingerprint density at radius 2 is 2.05 bits per heavy atom. The van der Waals surface area contributed by atoms with Crippen LogP contribution >= 0.6 is 0 Å². The Bertz CT molecular complexity index is 503. The molecule has 1 saturated heterocycles. The van der Waals surface area contributed by atoms with Gasteiger partial charge in [0.2, 0.25) is 5.91 Å². The van der Waals surface area contributed by atoms with E-state index in [2.05, 4.69) is 52.3 Å². The Kier molecular flexibility index (Phi) is 4.76. The largest absolute Gasteiger partial charge is 0.352 e. The van der Waals surface area contributed by atoms with Crippen LogP contribution in [0.15, 0.2) is 30.3 Å². The number of hydrogen-bond acceptors (Lipinski definition) is 4. The Labute approximate surface area is 132 Å². The fraction of sp³-hybridized carbons (Fsp3) is 0.588. The molecule has 3 N–H and O–H groups in total. The molecular formula is C17H26N4O. The molecule has 0 bridgehead atoms. The molecule has 1 saturated carbocycles. The molecule has 22 heavy (non-hydrogen) atoms. The number of amides is 1. The van der Waals surface area contributed by atoms with Crippen LogP contribution in [0.4, 0.5) is 0 Å². The van der Waals surface area contributed by atoms with E-state index in [1.807, 2.05) is 13.1 Å². The van der Waals surface area contributed by atoms with Crippen molar-refractivity contribution in [2.45, 2.75) is 50.4 Å². The molecule has 1 aromatic carbocycles. The molecule has 120 valence electrons. The monoisotopic (exact) mass is 302 g/mol. The first-order valence-electron chi connectivity index (χ1n) is 8.19. The van der Waals surface area contributed by atoms with Gasteiger partial charge in [-0.2, -0.15) is 0 Å². The van der Waals surface area contributed by atoms with Crippen molar-refractivity contribution in [3.05, 3.63) is 35.9 Å². The molecule has 3 rings (SSSR count). The van der Waals surface area contributed by atoms with Crippen molar-refractivity contribution in [3.8, 4) is 0 Å². The third-order valence-electron chi connectivity index (χ3n) is 4.75. The normalized spacial score (nSPS) is 26.1. The van der Waals surface area contributed by atoms with Crippen molar-refractivity contribution >= 4 is 5.91 Å². The summed E-state index contributed by atoms with van der Waals surface area (Å²) in [6.07, 6.45) is 3.30. The number of nitrogens with zero attached hydrogens (tertiary/aromatic N) is 1. The number of rotatable bonds is 6. The van der Waals surface area contributed by atoms with Gasteiger partial charge in [0, 0.05) is 24.2 Å². The molecule has 1 aliphatic heterocycles. The minimum absolute atomic E-state index is 0.141. The van der Waals surface area contributed by atoms with Crippen LogP contribution in [0.2, 0.25) is 0 Å². The molecule has 5 heteroatoms. The molecule has 3 atom stereocenters. The summed E-state index contributed by atoms with van der Waals surface area (Å²) in [5, 5.41) is 3.05. The predicted molar refractivity (Wildman–Crippen MR) is 87.1 cm³/mol. The van der Waals surface area contributed by atoms with E-state index in [4.69, 9.17) is 0 Å². The average Bonchev–Trinajstić information content (AvgIpc) is 3.19. The lowest BCUT2D eigenvalue weighted by Crippen LogP contribution is -2.49. The first kappa shape index (κ1) is 15.5. The van der Waals surface area contributed by atoms with Crippen molar-refractivity contribution < 1.29 is 4.79 Å². The summed E-state index contributed by atoms with van der Waals surface area (Å²) in [7, 11) is 2.02. The van der Waals surface area contributed by atoms with Crippen LogP contribution in [-0.2, 0) is 4.79 Å². The summed E-state index contributed by atoms with van der Waals surface area (Å²) < 4.78 is 0. The molecule has 2 fully saturated rings. The second kappa shape index (κ2) is 6.77. The molecule has 5 nitrogen and oxygen atoms in total. The van der Waals surface area contributed by atoms with E-state index in [1.165, 1.54) is 5.56 Å². The van der Waals surface area contributed by atoms with Crippen molar-refractivity contribution in [1.82, 2.24) is 21.1 Å². The Morgan fingerprint density at radius 1 is 1.32 bits per heavy atom. The van der Waals surface area contributed by atoms with Crippen molar-refractivity contribution in [3.63, 3.8) is 0 Å². The van der Waals surface area contributed by atoms with Gasteiger partial charge in [-0.15, -0.1) is 0 Å². The molecule has 3 unspecified atom stereocenters. The van der Waals surface area contributed by atoms with Crippen LogP contribution in [0.1, 0.15) is 37.8 Å². The van der Waals surface area contributed by atoms with E-state index >= 15 is 0 Å². The number of likely N-dealkylation sites (N-methyl/N-ethyl adjacent to an activating group) is 1. The van der Waals surface area contributed by atoms with E-state index in [9.17, 15) is 4.79 Å². The minimum Gasteiger partial charge on any atom is -0.352 e. The molecule has 1 amide bonds. The summed E-state index contributed by atoms with van der Waals surface area (Å²) in [4.78, 5) is 14.0. The molecule has 1 heterocycles. The highest BCUT2D eigenvalue weighted by Crippen LogP contribution is 2.24. The third kappa shape index (κ3) is 3.85. The maximum Gasteiger partial charge on any atom is 0.234 e. The minimum atomic E-state index is 0.141. The van der Waals surface area contributed by atoms with Crippen molar-refractivity contribution in [2.24, 2.45) is 0 Å². The van der Waals surface area contributed by atoms with Crippen LogP contribution in [0.25, 0.3) is 0 Å². The molecule has 1 aliphatic carbocycles. The fourth-order valence-electron chi connectivity index (χ4n) is 2.98. The van der Waals surface area contributed by atoms with Gasteiger partial charge in [0.15, 0.2) is 0 Å². The third-order valence-corrected chi connectivity index (χ3v) is 4.75. The van der Waals surface area contributed by atoms with Gasteiger partial charge in [0.1, 0.15) is 0 Å². The number of hydrogen-bond donors (Lipinski definition) is 3. The van der Waals surface area contributed by atoms with Gasteiger partial charge in [-0.1, -0.05) is 30.3 Å². The molecular weight excluding hydrogens is 276 g/mol. The zero-order valence-corrected chi connectivity index (χ0v) is 13.4. The SMILES string of the molecule is CC(C1CC(c2ccccc2)NN1)N(C)CC(=O)NC1CC1. The predicted octanol–water partition coefficient (Wildman–Crippen LogP) is 1.19. The average molecular weight is 302 g/mol. The summed E-state index contributed by atoms with van der Waals surface area (Å²) in [6.45, 7) is 2.64. The summed E-state index contributed by atoms with van der Waals surface area (Å²) in [5.41, 5.74) is 8.07. The zero-order chi connectivity index (χ0) is 15.5. The van der Waals surface area contributed by atoms with Crippen LogP contribution in [0.3, 0.4) is 0 Å². The second-order valence-corrected chi connectivity index (χ2v) is 6.59. The maximum atomic E-state index is 11.9. The first-order chi connectivity index (χ1) is 10.6. The zero-order valence-electron chi connectivity index (χ0n) is 13.4. The highest BCUT2D eigenvalue weighted by molar-refractivity contribution is 5.78. The van der Waals surface area contributed by atoms with Gasteiger partial charge in [0.25, 0.3) is 0 Å². The molecule has 0 radical (unpaired) electrons. The Balaban J connectivity index is 1.49. The van der Waals surface area contributed by atoms with E-state index in [0.29, 0.717) is 30.7 Å². The highest BCUT2D eigenvalue weighted by atomic mass is 16.2. The topological polar surface area (TPSA) is 56.4 Å². The highest BCUT2D eigenvalue weighted by Gasteiger charge is 2.31. The number of carbonyl (C=O) groups is 1. The lowest BCUT2D eigenvalue weighted by molar-refractivity contribution is -0.122. The lowest BCUT2D eigenvalue weighted by atomic mass is 9.98. The van der Waals surface area contributed by atoms with E-state index in [1.54, 1.807) is 0 Å². The van der Waals surface area contributed by atoms with Gasteiger partial charge >= 0.3 is 0 Å². The number of benzene rings is 1. The van der Waals surface area contributed by atoms with Crippen LogP contribution in [0.5, 0.6) is 0 Å². The number of nitrogens with one attached hydrogen (secondary N) is 3. The van der Waals surface area contributed by atoms with Crippen LogP contribution < -0.4 is 16.2 Å². The fourth-order valence-corrected chi connectivity index (χ4v) is 2.98. The molecule has 0 spiro atoms. The first-order valence-corrected chi connectivity index (χ1v) is 8.19.